The van der Waals surface area contributed by atoms with Gasteiger partial charge in [0.2, 0.25) is 0 Å². The number of hydrogen-bond acceptors (Lipinski definition) is 3. The summed E-state index contributed by atoms with van der Waals surface area (Å²) in [5.74, 6) is 1.51. The largest absolute Gasteiger partial charge is 0.496 e. The summed E-state index contributed by atoms with van der Waals surface area (Å²) < 4.78 is 5.44. The molecule has 0 aliphatic rings. The van der Waals surface area contributed by atoms with E-state index < -0.39 is 0 Å². The van der Waals surface area contributed by atoms with Crippen molar-refractivity contribution in [2.75, 3.05) is 27.7 Å². The Morgan fingerprint density at radius 2 is 1.96 bits per heavy atom. The maximum Gasteiger partial charge on any atom is 0.251 e. The van der Waals surface area contributed by atoms with E-state index in [0.717, 1.165) is 34.8 Å². The number of rotatable bonds is 7. The minimum atomic E-state index is -0.0747. The fourth-order valence-electron chi connectivity index (χ4n) is 2.74. The summed E-state index contributed by atoms with van der Waals surface area (Å²) >= 11 is 0. The van der Waals surface area contributed by atoms with Crippen LogP contribution in [-0.2, 0) is 13.0 Å². The molecule has 2 rings (SSSR count). The first-order chi connectivity index (χ1) is 13.1. The highest BCUT2D eigenvalue weighted by molar-refractivity contribution is 5.94. The van der Waals surface area contributed by atoms with E-state index >= 15 is 0 Å². The van der Waals surface area contributed by atoms with Gasteiger partial charge in [-0.3, -0.25) is 9.79 Å². The summed E-state index contributed by atoms with van der Waals surface area (Å²) in [7, 11) is 5.06. The van der Waals surface area contributed by atoms with Crippen molar-refractivity contribution in [1.82, 2.24) is 16.0 Å². The lowest BCUT2D eigenvalue weighted by molar-refractivity contribution is 0.0963. The molecule has 0 spiro atoms. The average Bonchev–Trinajstić information content (AvgIpc) is 2.70. The van der Waals surface area contributed by atoms with Gasteiger partial charge in [-0.2, -0.15) is 0 Å². The van der Waals surface area contributed by atoms with Crippen LogP contribution in [0.25, 0.3) is 0 Å². The first-order valence-corrected chi connectivity index (χ1v) is 8.96. The highest BCUT2D eigenvalue weighted by Crippen LogP contribution is 2.19. The lowest BCUT2D eigenvalue weighted by Crippen LogP contribution is -2.37. The molecule has 0 bridgehead atoms. The summed E-state index contributed by atoms with van der Waals surface area (Å²) in [5.41, 5.74) is 4.00. The summed E-state index contributed by atoms with van der Waals surface area (Å²) in [6.07, 6.45) is 0.791. The fraction of sp³-hybridized carbons (Fsp3) is 0.333. The molecule has 144 valence electrons. The van der Waals surface area contributed by atoms with Crippen molar-refractivity contribution in [3.8, 4) is 5.75 Å². The highest BCUT2D eigenvalue weighted by atomic mass is 16.5. The van der Waals surface area contributed by atoms with E-state index in [9.17, 15) is 4.79 Å². The van der Waals surface area contributed by atoms with Gasteiger partial charge in [0.25, 0.3) is 5.91 Å². The second-order valence-corrected chi connectivity index (χ2v) is 6.20. The zero-order valence-corrected chi connectivity index (χ0v) is 16.4. The zero-order chi connectivity index (χ0) is 19.6. The Balaban J connectivity index is 1.87. The molecule has 0 aromatic heterocycles. The van der Waals surface area contributed by atoms with Crippen molar-refractivity contribution >= 4 is 11.9 Å². The molecule has 0 unspecified atom stereocenters. The lowest BCUT2D eigenvalue weighted by Gasteiger charge is -2.14. The van der Waals surface area contributed by atoms with Gasteiger partial charge in [-0.25, -0.2) is 0 Å². The van der Waals surface area contributed by atoms with Gasteiger partial charge in [-0.15, -0.1) is 0 Å². The number of hydrogen-bond donors (Lipinski definition) is 3. The molecular formula is C21H28N4O2. The molecule has 2 aromatic carbocycles. The van der Waals surface area contributed by atoms with E-state index in [2.05, 4.69) is 33.1 Å². The average molecular weight is 368 g/mol. The fourth-order valence-corrected chi connectivity index (χ4v) is 2.74. The summed E-state index contributed by atoms with van der Waals surface area (Å²) in [4.78, 5) is 16.0. The number of carbonyl (C=O) groups is 1. The Hall–Kier alpha value is -3.02. The standard InChI is InChI=1S/C21H28N4O2/c1-15-8-9-18(19(12-15)27-4)14-25-21(23-3)24-11-10-16-6-5-7-17(13-16)20(26)22-2/h5-9,12-13H,10-11,14H2,1-4H3,(H,22,26)(H2,23,24,25). The predicted molar refractivity (Wildman–Crippen MR) is 109 cm³/mol. The Morgan fingerprint density at radius 3 is 2.67 bits per heavy atom. The predicted octanol–water partition coefficient (Wildman–Crippen LogP) is 2.27. The maximum absolute atomic E-state index is 11.7. The highest BCUT2D eigenvalue weighted by Gasteiger charge is 2.06. The van der Waals surface area contributed by atoms with E-state index in [-0.39, 0.29) is 5.91 Å². The summed E-state index contributed by atoms with van der Waals surface area (Å²) in [5, 5.41) is 9.24. The molecule has 0 atom stereocenters. The SMILES string of the molecule is CN=C(NCCc1cccc(C(=O)NC)c1)NCc1ccc(C)cc1OC. The van der Waals surface area contributed by atoms with Crippen LogP contribution in [-0.4, -0.2) is 39.6 Å². The normalized spacial score (nSPS) is 11.0. The van der Waals surface area contributed by atoms with E-state index in [1.54, 1.807) is 21.2 Å². The number of guanidine groups is 1. The zero-order valence-electron chi connectivity index (χ0n) is 16.4. The van der Waals surface area contributed by atoms with Crippen molar-refractivity contribution in [1.29, 1.82) is 0 Å². The van der Waals surface area contributed by atoms with E-state index in [1.165, 1.54) is 0 Å². The second-order valence-electron chi connectivity index (χ2n) is 6.20. The van der Waals surface area contributed by atoms with Crippen molar-refractivity contribution in [2.24, 2.45) is 4.99 Å². The first-order valence-electron chi connectivity index (χ1n) is 8.96. The van der Waals surface area contributed by atoms with Crippen LogP contribution < -0.4 is 20.7 Å². The molecule has 6 heteroatoms. The molecule has 2 aromatic rings. The molecule has 0 fully saturated rings. The first kappa shape index (κ1) is 20.3. The van der Waals surface area contributed by atoms with Gasteiger partial charge >= 0.3 is 0 Å². The van der Waals surface area contributed by atoms with Gasteiger partial charge in [0, 0.05) is 38.3 Å². The lowest BCUT2D eigenvalue weighted by atomic mass is 10.1. The Bertz CT molecular complexity index is 803. The van der Waals surface area contributed by atoms with Crippen molar-refractivity contribution in [3.05, 3.63) is 64.7 Å². The van der Waals surface area contributed by atoms with Crippen LogP contribution in [0, 0.1) is 6.92 Å². The van der Waals surface area contributed by atoms with E-state index in [1.807, 2.05) is 37.3 Å². The number of aryl methyl sites for hydroxylation is 1. The number of nitrogens with one attached hydrogen (secondary N) is 3. The molecule has 6 nitrogen and oxygen atoms in total. The number of carbonyl (C=O) groups excluding carboxylic acids is 1. The molecule has 0 heterocycles. The molecule has 0 aliphatic heterocycles. The van der Waals surface area contributed by atoms with E-state index in [4.69, 9.17) is 4.74 Å². The minimum absolute atomic E-state index is 0.0747. The van der Waals surface area contributed by atoms with Gasteiger partial charge in [-0.1, -0.05) is 24.3 Å². The van der Waals surface area contributed by atoms with Crippen LogP contribution >= 0.6 is 0 Å². The Kier molecular flexibility index (Phi) is 7.67. The summed E-state index contributed by atoms with van der Waals surface area (Å²) in [6, 6.07) is 13.8. The summed E-state index contributed by atoms with van der Waals surface area (Å²) in [6.45, 7) is 3.37. The van der Waals surface area contributed by atoms with Crippen LogP contribution in [0.4, 0.5) is 0 Å². The third-order valence-electron chi connectivity index (χ3n) is 4.23. The maximum atomic E-state index is 11.7. The molecular weight excluding hydrogens is 340 g/mol. The van der Waals surface area contributed by atoms with Crippen LogP contribution in [0.2, 0.25) is 0 Å². The topological polar surface area (TPSA) is 74.8 Å². The second kappa shape index (κ2) is 10.2. The van der Waals surface area contributed by atoms with Gasteiger partial charge in [0.05, 0.1) is 7.11 Å². The van der Waals surface area contributed by atoms with Gasteiger partial charge < -0.3 is 20.7 Å². The Morgan fingerprint density at radius 1 is 1.15 bits per heavy atom. The van der Waals surface area contributed by atoms with E-state index in [0.29, 0.717) is 18.7 Å². The van der Waals surface area contributed by atoms with Crippen LogP contribution in [0.15, 0.2) is 47.5 Å². The van der Waals surface area contributed by atoms with Crippen LogP contribution in [0.3, 0.4) is 0 Å². The number of methoxy groups -OCH3 is 1. The molecule has 0 aliphatic carbocycles. The van der Waals surface area contributed by atoms with Crippen molar-refractivity contribution < 1.29 is 9.53 Å². The number of ether oxygens (including phenoxy) is 1. The minimum Gasteiger partial charge on any atom is -0.496 e. The molecule has 1 amide bonds. The van der Waals surface area contributed by atoms with Crippen molar-refractivity contribution in [2.45, 2.75) is 19.9 Å². The van der Waals surface area contributed by atoms with Gasteiger partial charge in [-0.05, 0) is 42.7 Å². The molecule has 0 radical (unpaired) electrons. The number of amides is 1. The molecule has 0 saturated heterocycles. The van der Waals surface area contributed by atoms with Gasteiger partial charge in [0.15, 0.2) is 5.96 Å². The Labute approximate surface area is 161 Å². The number of nitrogens with zero attached hydrogens (tertiary/aromatic N) is 1. The van der Waals surface area contributed by atoms with Gasteiger partial charge in [0.1, 0.15) is 5.75 Å². The monoisotopic (exact) mass is 368 g/mol. The number of benzene rings is 2. The van der Waals surface area contributed by atoms with Crippen molar-refractivity contribution in [3.63, 3.8) is 0 Å². The quantitative estimate of drug-likeness (QED) is 0.518. The third kappa shape index (κ3) is 6.02. The van der Waals surface area contributed by atoms with Crippen LogP contribution in [0.1, 0.15) is 27.0 Å². The molecule has 27 heavy (non-hydrogen) atoms. The molecule has 3 N–H and O–H groups in total. The van der Waals surface area contributed by atoms with Crippen LogP contribution in [0.5, 0.6) is 5.75 Å². The molecule has 0 saturated carbocycles. The number of aliphatic imine (C=N–C) groups is 1. The smallest absolute Gasteiger partial charge is 0.251 e. The third-order valence-corrected chi connectivity index (χ3v) is 4.23.